The van der Waals surface area contributed by atoms with Crippen LogP contribution in [0.1, 0.15) is 31.2 Å². The van der Waals surface area contributed by atoms with Crippen LogP contribution in [0, 0.1) is 23.9 Å². The molecule has 43 heavy (non-hydrogen) atoms. The fourth-order valence-corrected chi connectivity index (χ4v) is 9.00. The molecule has 0 spiro atoms. The summed E-state index contributed by atoms with van der Waals surface area (Å²) in [7, 11) is 0. The number of pyridine rings is 2. The molecule has 0 atom stereocenters. The molecule has 221 valence electrons. The largest absolute Gasteiger partial charge is 0 e. The topological polar surface area (TPSA) is 25.8 Å². The third-order valence-electron chi connectivity index (χ3n) is 8.10. The summed E-state index contributed by atoms with van der Waals surface area (Å²) in [5.74, 6) is 7.70. The Morgan fingerprint density at radius 2 is 1.67 bits per heavy atom. The van der Waals surface area contributed by atoms with Crippen LogP contribution in [-0.4, -0.2) is 23.2 Å². The predicted molar refractivity (Wildman–Crippen MR) is 179 cm³/mol. The van der Waals surface area contributed by atoms with Crippen LogP contribution in [0.2, 0.25) is 17.3 Å². The fraction of sp³-hybridized carbons (Fsp3) is 0.243. The summed E-state index contributed by atoms with van der Waals surface area (Å²) in [4.78, 5) is 8.98. The molecule has 6 heteroatoms. The van der Waals surface area contributed by atoms with Crippen LogP contribution < -0.4 is 4.40 Å². The van der Waals surface area contributed by atoms with Crippen LogP contribution in [0.4, 0.5) is 4.39 Å². The number of hydrogen-bond acceptors (Lipinski definition) is 3. The quantitative estimate of drug-likeness (QED) is 0.128. The first kappa shape index (κ1) is 31.7. The number of hydrogen-bond donors (Lipinski definition) is 0. The molecule has 0 bridgehead atoms. The summed E-state index contributed by atoms with van der Waals surface area (Å²) in [5, 5.41) is 1.67. The van der Waals surface area contributed by atoms with Crippen LogP contribution in [0.3, 0.4) is 0 Å². The first-order valence-corrected chi connectivity index (χ1v) is 22.9. The monoisotopic (exact) mass is 825 g/mol. The summed E-state index contributed by atoms with van der Waals surface area (Å²) in [6.07, 6.45) is 10.2. The molecule has 1 fully saturated rings. The maximum absolute atomic E-state index is 15.4. The van der Waals surface area contributed by atoms with Crippen molar-refractivity contribution in [3.63, 3.8) is 0 Å². The van der Waals surface area contributed by atoms with Crippen molar-refractivity contribution in [3.8, 4) is 22.5 Å². The molecular weight excluding hydrogens is 788 g/mol. The Morgan fingerprint density at radius 1 is 0.884 bits per heavy atom. The molecule has 3 aromatic heterocycles. The van der Waals surface area contributed by atoms with Crippen molar-refractivity contribution >= 4 is 49.2 Å². The zero-order valence-electron chi connectivity index (χ0n) is 24.8. The van der Waals surface area contributed by atoms with Crippen LogP contribution in [0.5, 0.6) is 0 Å². The van der Waals surface area contributed by atoms with Crippen molar-refractivity contribution in [2.24, 2.45) is 5.92 Å². The SMILES string of the molecule is Fc1c(-c2cc(CC3CCCC3)ccn2)[c-]cc2sc3ccccc3c12.[CH3][Ge]([CH3])([CH3])[c]1ccc(-c2[c-]cccc2)nc1.[Ir]. The summed E-state index contributed by atoms with van der Waals surface area (Å²) < 4.78 is 18.9. The molecule has 3 heterocycles. The standard InChI is InChI=1S/C23H19FNS.C14H16GeN.Ir/c24-23-17(9-10-21-22(23)18-7-3-4-8-20(18)26-21)19-14-16(11-12-25-19)13-15-5-1-2-6-15;1-15(2,3)13-9-10-14(16-11-13)12-7-5-4-6-8-12;/h3-4,7-8,10-12,14-15H,1-2,5-6,13H2;4-7,9-11H,1-3H3;/q2*-1;. The van der Waals surface area contributed by atoms with Gasteiger partial charge in [-0.3, -0.25) is 4.39 Å². The van der Waals surface area contributed by atoms with Gasteiger partial charge in [-0.15, -0.1) is 12.1 Å². The molecule has 0 saturated heterocycles. The Morgan fingerprint density at radius 3 is 2.40 bits per heavy atom. The first-order valence-electron chi connectivity index (χ1n) is 14.8. The van der Waals surface area contributed by atoms with Crippen molar-refractivity contribution in [3.05, 3.63) is 115 Å². The molecule has 7 rings (SSSR count). The van der Waals surface area contributed by atoms with Gasteiger partial charge in [0.05, 0.1) is 0 Å². The van der Waals surface area contributed by atoms with E-state index >= 15 is 4.39 Å². The van der Waals surface area contributed by atoms with E-state index < -0.39 is 13.3 Å². The maximum Gasteiger partial charge on any atom is 0 e. The molecule has 0 amide bonds. The van der Waals surface area contributed by atoms with E-state index in [1.54, 1.807) is 11.3 Å². The second-order valence-corrected chi connectivity index (χ2v) is 23.9. The summed E-state index contributed by atoms with van der Waals surface area (Å²) in [5.41, 5.74) is 4.50. The number of nitrogens with zero attached hydrogens (tertiary/aromatic N) is 2. The van der Waals surface area contributed by atoms with Gasteiger partial charge in [0.15, 0.2) is 0 Å². The summed E-state index contributed by atoms with van der Waals surface area (Å²) >= 11 is -0.103. The number of fused-ring (bicyclic) bond motifs is 3. The van der Waals surface area contributed by atoms with Crippen molar-refractivity contribution in [1.29, 1.82) is 0 Å². The van der Waals surface area contributed by atoms with Crippen LogP contribution in [-0.2, 0) is 26.5 Å². The van der Waals surface area contributed by atoms with Gasteiger partial charge in [-0.1, -0.05) is 61.1 Å². The van der Waals surface area contributed by atoms with E-state index in [1.165, 1.54) is 35.6 Å². The minimum absolute atomic E-state index is 0. The predicted octanol–water partition coefficient (Wildman–Crippen LogP) is 9.88. The number of thiophene rings is 1. The summed E-state index contributed by atoms with van der Waals surface area (Å²) in [6.45, 7) is 0. The third-order valence-corrected chi connectivity index (χ3v) is 13.5. The molecule has 0 aliphatic heterocycles. The smallest absolute Gasteiger partial charge is 0 e. The van der Waals surface area contributed by atoms with Crippen molar-refractivity contribution in [2.75, 3.05) is 0 Å². The Balaban J connectivity index is 0.000000188. The molecule has 3 aromatic carbocycles. The van der Waals surface area contributed by atoms with Gasteiger partial charge in [0.2, 0.25) is 0 Å². The Kier molecular flexibility index (Phi) is 10.3. The zero-order chi connectivity index (χ0) is 29.1. The van der Waals surface area contributed by atoms with E-state index in [0.29, 0.717) is 16.6 Å². The Hall–Kier alpha value is -2.70. The van der Waals surface area contributed by atoms with Crippen molar-refractivity contribution in [1.82, 2.24) is 9.97 Å². The molecule has 0 unspecified atom stereocenters. The van der Waals surface area contributed by atoms with Crippen molar-refractivity contribution in [2.45, 2.75) is 49.4 Å². The van der Waals surface area contributed by atoms with Gasteiger partial charge < -0.3 is 4.98 Å². The Bertz CT molecular complexity index is 1810. The molecule has 6 aromatic rings. The molecule has 1 saturated carbocycles. The van der Waals surface area contributed by atoms with Gasteiger partial charge in [-0.2, -0.15) is 11.3 Å². The second kappa shape index (κ2) is 13.9. The van der Waals surface area contributed by atoms with Gasteiger partial charge in [0.25, 0.3) is 0 Å². The maximum atomic E-state index is 15.4. The minimum Gasteiger partial charge on any atom is 0 e. The molecule has 1 aliphatic carbocycles. The van der Waals surface area contributed by atoms with E-state index in [-0.39, 0.29) is 25.9 Å². The minimum atomic E-state index is -1.72. The van der Waals surface area contributed by atoms with Gasteiger partial charge in [-0.25, -0.2) is 0 Å². The molecule has 1 radical (unpaired) electrons. The van der Waals surface area contributed by atoms with E-state index in [4.69, 9.17) is 0 Å². The number of halogens is 1. The first-order chi connectivity index (χ1) is 20.4. The molecule has 0 N–H and O–H groups in total. The number of rotatable bonds is 5. The normalized spacial score (nSPS) is 13.5. The van der Waals surface area contributed by atoms with Crippen LogP contribution in [0.15, 0.2) is 91.3 Å². The average Bonchev–Trinajstić information content (AvgIpc) is 3.66. The van der Waals surface area contributed by atoms with Gasteiger partial charge in [0, 0.05) is 36.8 Å². The van der Waals surface area contributed by atoms with Crippen molar-refractivity contribution < 1.29 is 24.5 Å². The van der Waals surface area contributed by atoms with Crippen LogP contribution in [0.25, 0.3) is 42.7 Å². The molecule has 2 nitrogen and oxygen atoms in total. The van der Waals surface area contributed by atoms with Gasteiger partial charge in [-0.05, 0) is 45.6 Å². The van der Waals surface area contributed by atoms with Gasteiger partial charge >= 0.3 is 99.8 Å². The van der Waals surface area contributed by atoms with E-state index in [9.17, 15) is 0 Å². The fourth-order valence-electron chi connectivity index (χ4n) is 5.74. The zero-order valence-corrected chi connectivity index (χ0v) is 30.1. The van der Waals surface area contributed by atoms with Crippen LogP contribution >= 0.6 is 11.3 Å². The molecule has 1 aliphatic rings. The molecular formula is C37H35FGeIrN2S-2. The van der Waals surface area contributed by atoms with E-state index in [0.717, 1.165) is 38.4 Å². The number of benzene rings is 3. The summed E-state index contributed by atoms with van der Waals surface area (Å²) in [6, 6.07) is 32.7. The number of aromatic nitrogens is 2. The van der Waals surface area contributed by atoms with E-state index in [1.807, 2.05) is 73.1 Å². The Labute approximate surface area is 274 Å². The van der Waals surface area contributed by atoms with E-state index in [2.05, 4.69) is 57.6 Å². The second-order valence-electron chi connectivity index (χ2n) is 12.2. The van der Waals surface area contributed by atoms with Gasteiger partial charge in [0.1, 0.15) is 0 Å². The average molecular weight is 824 g/mol. The third kappa shape index (κ3) is 7.34.